The van der Waals surface area contributed by atoms with E-state index in [1.165, 1.54) is 12.1 Å². The van der Waals surface area contributed by atoms with Crippen LogP contribution < -0.4 is 5.32 Å². The van der Waals surface area contributed by atoms with Gasteiger partial charge in [-0.3, -0.25) is 0 Å². The van der Waals surface area contributed by atoms with Gasteiger partial charge in [-0.05, 0) is 43.2 Å². The Kier molecular flexibility index (Phi) is 4.27. The van der Waals surface area contributed by atoms with Crippen molar-refractivity contribution in [3.8, 4) is 0 Å². The summed E-state index contributed by atoms with van der Waals surface area (Å²) in [5.41, 5.74) is 2.62. The maximum absolute atomic E-state index is 12.9. The zero-order chi connectivity index (χ0) is 14.0. The van der Waals surface area contributed by atoms with Gasteiger partial charge in [0.2, 0.25) is 0 Å². The lowest BCUT2D eigenvalue weighted by molar-refractivity contribution is 0.626. The molecule has 1 unspecified atom stereocenters. The highest BCUT2D eigenvalue weighted by molar-refractivity contribution is 6.34. The summed E-state index contributed by atoms with van der Waals surface area (Å²) in [6, 6.07) is 8.07. The van der Waals surface area contributed by atoms with Crippen molar-refractivity contribution in [2.24, 2.45) is 0 Å². The minimum atomic E-state index is -0.252. The van der Waals surface area contributed by atoms with E-state index in [0.29, 0.717) is 10.3 Å². The molecule has 0 radical (unpaired) electrons. The Bertz CT molecular complexity index is 561. The van der Waals surface area contributed by atoms with E-state index in [0.717, 1.165) is 16.8 Å². The van der Waals surface area contributed by atoms with E-state index >= 15 is 0 Å². The summed E-state index contributed by atoms with van der Waals surface area (Å²) in [7, 11) is 0. The van der Waals surface area contributed by atoms with Gasteiger partial charge in [-0.2, -0.15) is 0 Å². The number of nitrogens with one attached hydrogen (secondary N) is 1. The molecule has 19 heavy (non-hydrogen) atoms. The average molecular weight is 299 g/mol. The van der Waals surface area contributed by atoms with Crippen molar-refractivity contribution in [2.45, 2.75) is 19.9 Å². The second-order valence-electron chi connectivity index (χ2n) is 4.35. The number of aryl methyl sites for hydroxylation is 1. The van der Waals surface area contributed by atoms with Gasteiger partial charge in [0.25, 0.3) is 0 Å². The molecule has 2 aromatic rings. The molecule has 1 atom stereocenters. The molecule has 0 amide bonds. The van der Waals surface area contributed by atoms with Crippen molar-refractivity contribution in [2.75, 3.05) is 5.32 Å². The molecule has 100 valence electrons. The predicted molar refractivity (Wildman–Crippen MR) is 77.4 cm³/mol. The molecule has 1 aromatic carbocycles. The fourth-order valence-corrected chi connectivity index (χ4v) is 2.41. The summed E-state index contributed by atoms with van der Waals surface area (Å²) >= 11 is 11.9. The molecule has 0 spiro atoms. The number of anilines is 1. The third kappa shape index (κ3) is 3.37. The van der Waals surface area contributed by atoms with Crippen LogP contribution in [0.1, 0.15) is 24.1 Å². The fraction of sp³-hybridized carbons (Fsp3) is 0.214. The van der Waals surface area contributed by atoms with Gasteiger partial charge < -0.3 is 5.32 Å². The van der Waals surface area contributed by atoms with Crippen LogP contribution in [0.15, 0.2) is 30.3 Å². The predicted octanol–water partition coefficient (Wildman–Crippen LogP) is 5.01. The standard InChI is InChI=1S/C14H13Cl2FN2/c1-8-7-12(15)19-14(16)13(8)18-9(2)10-3-5-11(17)6-4-10/h3-7,9,18H,1-2H3. The maximum Gasteiger partial charge on any atom is 0.154 e. The zero-order valence-electron chi connectivity index (χ0n) is 10.5. The third-order valence-electron chi connectivity index (χ3n) is 2.87. The summed E-state index contributed by atoms with van der Waals surface area (Å²) in [5, 5.41) is 3.96. The van der Waals surface area contributed by atoms with E-state index in [4.69, 9.17) is 23.2 Å². The van der Waals surface area contributed by atoms with Gasteiger partial charge in [0, 0.05) is 6.04 Å². The summed E-state index contributed by atoms with van der Waals surface area (Å²) < 4.78 is 12.9. The van der Waals surface area contributed by atoms with Gasteiger partial charge in [-0.1, -0.05) is 35.3 Å². The summed E-state index contributed by atoms with van der Waals surface area (Å²) in [4.78, 5) is 4.00. The topological polar surface area (TPSA) is 24.9 Å². The molecule has 0 saturated heterocycles. The molecule has 0 fully saturated rings. The van der Waals surface area contributed by atoms with E-state index in [1.807, 2.05) is 13.8 Å². The van der Waals surface area contributed by atoms with Crippen LogP contribution in [0, 0.1) is 12.7 Å². The van der Waals surface area contributed by atoms with Gasteiger partial charge in [0.15, 0.2) is 5.15 Å². The Morgan fingerprint density at radius 2 is 1.84 bits per heavy atom. The first-order valence-electron chi connectivity index (χ1n) is 5.82. The van der Waals surface area contributed by atoms with Crippen LogP contribution in [0.5, 0.6) is 0 Å². The molecular weight excluding hydrogens is 286 g/mol. The third-order valence-corrected chi connectivity index (χ3v) is 3.34. The number of benzene rings is 1. The van der Waals surface area contributed by atoms with Gasteiger partial charge in [-0.15, -0.1) is 0 Å². The molecule has 0 saturated carbocycles. The number of aromatic nitrogens is 1. The van der Waals surface area contributed by atoms with E-state index in [1.54, 1.807) is 18.2 Å². The largest absolute Gasteiger partial charge is 0.376 e. The minimum Gasteiger partial charge on any atom is -0.376 e. The second-order valence-corrected chi connectivity index (χ2v) is 5.09. The molecule has 2 rings (SSSR count). The molecule has 5 heteroatoms. The van der Waals surface area contributed by atoms with Crippen molar-refractivity contribution in [1.29, 1.82) is 0 Å². The highest BCUT2D eigenvalue weighted by atomic mass is 35.5. The molecule has 1 heterocycles. The van der Waals surface area contributed by atoms with Crippen molar-refractivity contribution in [3.63, 3.8) is 0 Å². The lowest BCUT2D eigenvalue weighted by atomic mass is 10.1. The maximum atomic E-state index is 12.9. The Labute approximate surface area is 121 Å². The number of rotatable bonds is 3. The Morgan fingerprint density at radius 1 is 1.21 bits per heavy atom. The van der Waals surface area contributed by atoms with Crippen LogP contribution in [0.25, 0.3) is 0 Å². The number of hydrogen-bond acceptors (Lipinski definition) is 2. The van der Waals surface area contributed by atoms with Gasteiger partial charge in [0.1, 0.15) is 11.0 Å². The molecule has 1 aromatic heterocycles. The Balaban J connectivity index is 2.24. The molecule has 0 aliphatic carbocycles. The molecule has 2 nitrogen and oxygen atoms in total. The highest BCUT2D eigenvalue weighted by Crippen LogP contribution is 2.29. The minimum absolute atomic E-state index is 0.0141. The van der Waals surface area contributed by atoms with Crippen molar-refractivity contribution in [1.82, 2.24) is 4.98 Å². The lowest BCUT2D eigenvalue weighted by Gasteiger charge is -2.18. The molecule has 0 bridgehead atoms. The number of pyridine rings is 1. The van der Waals surface area contributed by atoms with Crippen molar-refractivity contribution in [3.05, 3.63) is 57.6 Å². The van der Waals surface area contributed by atoms with Crippen LogP contribution in [-0.2, 0) is 0 Å². The van der Waals surface area contributed by atoms with E-state index in [-0.39, 0.29) is 11.9 Å². The van der Waals surface area contributed by atoms with Gasteiger partial charge in [-0.25, -0.2) is 9.37 Å². The molecule has 1 N–H and O–H groups in total. The second kappa shape index (κ2) is 5.76. The quantitative estimate of drug-likeness (QED) is 0.806. The summed E-state index contributed by atoms with van der Waals surface area (Å²) in [6.45, 7) is 3.87. The summed E-state index contributed by atoms with van der Waals surface area (Å²) in [6.07, 6.45) is 0. The van der Waals surface area contributed by atoms with E-state index in [9.17, 15) is 4.39 Å². The average Bonchev–Trinajstić information content (AvgIpc) is 2.34. The Hall–Kier alpha value is -1.32. The number of nitrogens with zero attached hydrogens (tertiary/aromatic N) is 1. The number of hydrogen-bond donors (Lipinski definition) is 1. The van der Waals surface area contributed by atoms with Crippen LogP contribution in [0.2, 0.25) is 10.3 Å². The van der Waals surface area contributed by atoms with Crippen molar-refractivity contribution >= 4 is 28.9 Å². The van der Waals surface area contributed by atoms with Gasteiger partial charge >= 0.3 is 0 Å². The monoisotopic (exact) mass is 298 g/mol. The van der Waals surface area contributed by atoms with Gasteiger partial charge in [0.05, 0.1) is 5.69 Å². The van der Waals surface area contributed by atoms with Crippen LogP contribution in [0.4, 0.5) is 10.1 Å². The molecule has 0 aliphatic heterocycles. The normalized spacial score (nSPS) is 12.3. The highest BCUT2D eigenvalue weighted by Gasteiger charge is 2.12. The van der Waals surface area contributed by atoms with E-state index < -0.39 is 0 Å². The number of halogens is 3. The first-order chi connectivity index (χ1) is 8.97. The first kappa shape index (κ1) is 14.1. The zero-order valence-corrected chi connectivity index (χ0v) is 12.1. The van der Waals surface area contributed by atoms with Crippen LogP contribution >= 0.6 is 23.2 Å². The Morgan fingerprint density at radius 3 is 2.42 bits per heavy atom. The lowest BCUT2D eigenvalue weighted by Crippen LogP contribution is -2.08. The smallest absolute Gasteiger partial charge is 0.154 e. The molecular formula is C14H13Cl2FN2. The van der Waals surface area contributed by atoms with Crippen molar-refractivity contribution < 1.29 is 4.39 Å². The van der Waals surface area contributed by atoms with Crippen LogP contribution in [-0.4, -0.2) is 4.98 Å². The first-order valence-corrected chi connectivity index (χ1v) is 6.57. The fourth-order valence-electron chi connectivity index (χ4n) is 1.82. The SMILES string of the molecule is Cc1cc(Cl)nc(Cl)c1NC(C)c1ccc(F)cc1. The molecule has 0 aliphatic rings. The van der Waals surface area contributed by atoms with E-state index in [2.05, 4.69) is 10.3 Å². The summed E-state index contributed by atoms with van der Waals surface area (Å²) in [5.74, 6) is -0.252. The van der Waals surface area contributed by atoms with Crippen LogP contribution in [0.3, 0.4) is 0 Å².